The summed E-state index contributed by atoms with van der Waals surface area (Å²) in [7, 11) is -3.53. The maximum Gasteiger partial charge on any atom is 0.243 e. The van der Waals surface area contributed by atoms with Crippen molar-refractivity contribution in [3.63, 3.8) is 0 Å². The first-order valence-electron chi connectivity index (χ1n) is 8.88. The summed E-state index contributed by atoms with van der Waals surface area (Å²) in [5.41, 5.74) is 0.715. The highest BCUT2D eigenvalue weighted by molar-refractivity contribution is 7.89. The SMILES string of the molecule is Cc1cc2c(cc1Cl)C(=O)CC1(CCN(S(=O)(=O)c3ccccc3)CC1)O2. The number of fused-ring (bicyclic) bond motifs is 1. The first-order chi connectivity index (χ1) is 12.8. The third-order valence-electron chi connectivity index (χ3n) is 5.39. The second kappa shape index (κ2) is 6.62. The fourth-order valence-corrected chi connectivity index (χ4v) is 5.40. The van der Waals surface area contributed by atoms with Crippen molar-refractivity contribution < 1.29 is 17.9 Å². The Morgan fingerprint density at radius 1 is 1.11 bits per heavy atom. The predicted molar refractivity (Wildman–Crippen MR) is 103 cm³/mol. The molecule has 0 radical (unpaired) electrons. The highest BCUT2D eigenvalue weighted by Crippen LogP contribution is 2.41. The lowest BCUT2D eigenvalue weighted by atomic mass is 9.83. The number of rotatable bonds is 2. The van der Waals surface area contributed by atoms with Crippen LogP contribution in [0.2, 0.25) is 5.02 Å². The number of nitrogens with zero attached hydrogens (tertiary/aromatic N) is 1. The van der Waals surface area contributed by atoms with Crippen LogP contribution >= 0.6 is 11.6 Å². The molecule has 0 amide bonds. The van der Waals surface area contributed by atoms with Gasteiger partial charge in [-0.1, -0.05) is 29.8 Å². The molecule has 0 saturated carbocycles. The maximum atomic E-state index is 12.8. The van der Waals surface area contributed by atoms with Gasteiger partial charge in [0.1, 0.15) is 11.4 Å². The maximum absolute atomic E-state index is 12.8. The summed E-state index contributed by atoms with van der Waals surface area (Å²) < 4.78 is 33.3. The Bertz CT molecular complexity index is 996. The molecule has 0 N–H and O–H groups in total. The topological polar surface area (TPSA) is 63.7 Å². The van der Waals surface area contributed by atoms with Gasteiger partial charge in [-0.15, -0.1) is 0 Å². The Kier molecular flexibility index (Phi) is 4.53. The molecule has 1 spiro atoms. The van der Waals surface area contributed by atoms with Gasteiger partial charge in [-0.25, -0.2) is 8.42 Å². The predicted octanol–water partition coefficient (Wildman–Crippen LogP) is 3.84. The summed E-state index contributed by atoms with van der Waals surface area (Å²) in [5.74, 6) is 0.546. The zero-order valence-electron chi connectivity index (χ0n) is 14.9. The van der Waals surface area contributed by atoms with Gasteiger partial charge in [0, 0.05) is 31.0 Å². The zero-order chi connectivity index (χ0) is 19.2. The molecule has 1 saturated heterocycles. The molecule has 2 aromatic rings. The number of Topliss-reactive ketones (excluding diaryl/α,β-unsaturated/α-hetero) is 1. The van der Waals surface area contributed by atoms with Gasteiger partial charge in [0.05, 0.1) is 16.9 Å². The van der Waals surface area contributed by atoms with Crippen molar-refractivity contribution in [3.8, 4) is 5.75 Å². The third-order valence-corrected chi connectivity index (χ3v) is 7.71. The summed E-state index contributed by atoms with van der Waals surface area (Å²) in [6, 6.07) is 11.9. The molecular weight excluding hydrogens is 386 g/mol. The van der Waals surface area contributed by atoms with E-state index in [1.807, 2.05) is 6.92 Å². The van der Waals surface area contributed by atoms with Crippen molar-refractivity contribution in [2.75, 3.05) is 13.1 Å². The molecule has 7 heteroatoms. The average Bonchev–Trinajstić information content (AvgIpc) is 2.65. The Balaban J connectivity index is 1.55. The molecule has 0 atom stereocenters. The number of hydrogen-bond acceptors (Lipinski definition) is 4. The van der Waals surface area contributed by atoms with Gasteiger partial charge in [-0.3, -0.25) is 4.79 Å². The van der Waals surface area contributed by atoms with E-state index in [0.717, 1.165) is 5.56 Å². The summed E-state index contributed by atoms with van der Waals surface area (Å²) in [5, 5.41) is 0.547. The fraction of sp³-hybridized carbons (Fsp3) is 0.350. The number of carbonyl (C=O) groups is 1. The molecule has 0 aliphatic carbocycles. The van der Waals surface area contributed by atoms with Gasteiger partial charge in [0.2, 0.25) is 10.0 Å². The molecular formula is C20H20ClNO4S. The smallest absolute Gasteiger partial charge is 0.243 e. The molecule has 0 aromatic heterocycles. The van der Waals surface area contributed by atoms with E-state index in [1.54, 1.807) is 42.5 Å². The van der Waals surface area contributed by atoms with Crippen LogP contribution in [0.1, 0.15) is 35.2 Å². The molecule has 2 aliphatic rings. The lowest BCUT2D eigenvalue weighted by Gasteiger charge is -2.43. The van der Waals surface area contributed by atoms with Gasteiger partial charge in [0.15, 0.2) is 5.78 Å². The molecule has 2 heterocycles. The van der Waals surface area contributed by atoms with E-state index in [4.69, 9.17) is 16.3 Å². The van der Waals surface area contributed by atoms with E-state index < -0.39 is 15.6 Å². The van der Waals surface area contributed by atoms with E-state index in [1.165, 1.54) is 4.31 Å². The van der Waals surface area contributed by atoms with Crippen LogP contribution in [0.4, 0.5) is 0 Å². The first kappa shape index (κ1) is 18.5. The lowest BCUT2D eigenvalue weighted by Crippen LogP contribution is -2.52. The molecule has 1 fully saturated rings. The first-order valence-corrected chi connectivity index (χ1v) is 10.7. The van der Waals surface area contributed by atoms with Crippen LogP contribution in [0.15, 0.2) is 47.4 Å². The highest BCUT2D eigenvalue weighted by atomic mass is 35.5. The van der Waals surface area contributed by atoms with Crippen molar-refractivity contribution in [1.82, 2.24) is 4.31 Å². The van der Waals surface area contributed by atoms with Crippen LogP contribution in [0, 0.1) is 6.92 Å². The number of ketones is 1. The number of carbonyl (C=O) groups excluding carboxylic acids is 1. The molecule has 0 bridgehead atoms. The number of sulfonamides is 1. The van der Waals surface area contributed by atoms with Crippen LogP contribution in [-0.2, 0) is 10.0 Å². The summed E-state index contributed by atoms with van der Waals surface area (Å²) in [6.45, 7) is 2.52. The molecule has 5 nitrogen and oxygen atoms in total. The van der Waals surface area contributed by atoms with Crippen LogP contribution in [0.25, 0.3) is 0 Å². The van der Waals surface area contributed by atoms with E-state index in [-0.39, 0.29) is 17.1 Å². The number of hydrogen-bond donors (Lipinski definition) is 0. The Hall–Kier alpha value is -1.89. The standard InChI is InChI=1S/C20H20ClNO4S/c1-14-11-19-16(12-17(14)21)18(23)13-20(26-19)7-9-22(10-8-20)27(24,25)15-5-3-2-4-6-15/h2-6,11-12H,7-10,13H2,1H3. The van der Waals surface area contributed by atoms with Crippen LogP contribution in [0.5, 0.6) is 5.75 Å². The van der Waals surface area contributed by atoms with E-state index >= 15 is 0 Å². The fourth-order valence-electron chi connectivity index (χ4n) is 3.77. The Labute approximate surface area is 163 Å². The van der Waals surface area contributed by atoms with Crippen molar-refractivity contribution in [2.45, 2.75) is 36.7 Å². The molecule has 142 valence electrons. The van der Waals surface area contributed by atoms with Crippen molar-refractivity contribution >= 4 is 27.4 Å². The van der Waals surface area contributed by atoms with Gasteiger partial charge in [-0.2, -0.15) is 4.31 Å². The second-order valence-electron chi connectivity index (χ2n) is 7.20. The van der Waals surface area contributed by atoms with Crippen molar-refractivity contribution in [3.05, 3.63) is 58.6 Å². The van der Waals surface area contributed by atoms with Crippen LogP contribution < -0.4 is 4.74 Å². The van der Waals surface area contributed by atoms with Gasteiger partial charge >= 0.3 is 0 Å². The van der Waals surface area contributed by atoms with Crippen molar-refractivity contribution in [1.29, 1.82) is 0 Å². The summed E-state index contributed by atoms with van der Waals surface area (Å²) >= 11 is 6.13. The zero-order valence-corrected chi connectivity index (χ0v) is 16.5. The normalized spacial score (nSPS) is 19.6. The average molecular weight is 406 g/mol. The summed E-state index contributed by atoms with van der Waals surface area (Å²) in [4.78, 5) is 12.9. The molecule has 2 aromatic carbocycles. The molecule has 0 unspecified atom stereocenters. The molecule has 2 aliphatic heterocycles. The Morgan fingerprint density at radius 3 is 2.44 bits per heavy atom. The third kappa shape index (κ3) is 3.26. The van der Waals surface area contributed by atoms with E-state index in [0.29, 0.717) is 42.3 Å². The van der Waals surface area contributed by atoms with Gasteiger partial charge in [0.25, 0.3) is 0 Å². The van der Waals surface area contributed by atoms with E-state index in [9.17, 15) is 13.2 Å². The van der Waals surface area contributed by atoms with Crippen LogP contribution in [-0.4, -0.2) is 37.2 Å². The van der Waals surface area contributed by atoms with Crippen LogP contribution in [0.3, 0.4) is 0 Å². The minimum Gasteiger partial charge on any atom is -0.486 e. The lowest BCUT2D eigenvalue weighted by molar-refractivity contribution is 0.00588. The number of ether oxygens (including phenoxy) is 1. The minimum absolute atomic E-state index is 0.00230. The highest BCUT2D eigenvalue weighted by Gasteiger charge is 2.45. The largest absolute Gasteiger partial charge is 0.486 e. The quantitative estimate of drug-likeness (QED) is 0.761. The van der Waals surface area contributed by atoms with E-state index in [2.05, 4.69) is 0 Å². The Morgan fingerprint density at radius 2 is 1.78 bits per heavy atom. The number of piperidine rings is 1. The second-order valence-corrected chi connectivity index (χ2v) is 9.54. The molecule has 27 heavy (non-hydrogen) atoms. The number of benzene rings is 2. The summed E-state index contributed by atoms with van der Waals surface area (Å²) in [6.07, 6.45) is 1.20. The molecule has 4 rings (SSSR count). The van der Waals surface area contributed by atoms with Gasteiger partial charge < -0.3 is 4.74 Å². The van der Waals surface area contributed by atoms with Crippen molar-refractivity contribution in [2.24, 2.45) is 0 Å². The van der Waals surface area contributed by atoms with Gasteiger partial charge in [-0.05, 0) is 36.8 Å². The number of aryl methyl sites for hydroxylation is 1. The monoisotopic (exact) mass is 405 g/mol. The number of halogens is 1. The minimum atomic E-state index is -3.53.